The summed E-state index contributed by atoms with van der Waals surface area (Å²) in [5.74, 6) is -0.425. The average molecular weight is 367 g/mol. The summed E-state index contributed by atoms with van der Waals surface area (Å²) in [5, 5.41) is 8.12. The molecule has 1 aromatic rings. The molecule has 0 aliphatic carbocycles. The molecule has 2 atom stereocenters. The van der Waals surface area contributed by atoms with Gasteiger partial charge in [0, 0.05) is 12.6 Å². The number of benzene rings is 1. The van der Waals surface area contributed by atoms with Crippen LogP contribution in [0.3, 0.4) is 0 Å². The van der Waals surface area contributed by atoms with E-state index >= 15 is 0 Å². The Balaban J connectivity index is 1.86. The van der Waals surface area contributed by atoms with Crippen molar-refractivity contribution in [2.24, 2.45) is 5.92 Å². The van der Waals surface area contributed by atoms with Gasteiger partial charge < -0.3 is 16.0 Å². The Bertz CT molecular complexity index is 704. The largest absolute Gasteiger partial charge is 0.351 e. The van der Waals surface area contributed by atoms with Crippen LogP contribution in [-0.2, 0) is 21.2 Å². The highest BCUT2D eigenvalue weighted by Crippen LogP contribution is 2.12. The van der Waals surface area contributed by atoms with Crippen LogP contribution >= 0.6 is 0 Å². The van der Waals surface area contributed by atoms with Crippen molar-refractivity contribution in [3.05, 3.63) is 35.9 Å². The van der Waals surface area contributed by atoms with Crippen LogP contribution in [0.2, 0.25) is 0 Å². The first-order chi connectivity index (χ1) is 11.8. The topological polar surface area (TPSA) is 104 Å². The zero-order chi connectivity index (χ0) is 18.4. The third-order valence-electron chi connectivity index (χ3n) is 4.11. The smallest absolute Gasteiger partial charge is 0.315 e. The highest BCUT2D eigenvalue weighted by atomic mass is 32.2. The minimum absolute atomic E-state index is 0.0379. The van der Waals surface area contributed by atoms with E-state index in [1.54, 1.807) is 0 Å². The van der Waals surface area contributed by atoms with Crippen molar-refractivity contribution in [2.45, 2.75) is 38.9 Å². The van der Waals surface area contributed by atoms with Crippen LogP contribution in [0.1, 0.15) is 25.8 Å². The van der Waals surface area contributed by atoms with Crippen LogP contribution in [0.4, 0.5) is 4.79 Å². The molecule has 7 nitrogen and oxygen atoms in total. The van der Waals surface area contributed by atoms with Gasteiger partial charge in [0.1, 0.15) is 6.04 Å². The summed E-state index contributed by atoms with van der Waals surface area (Å²) in [4.78, 5) is 24.5. The van der Waals surface area contributed by atoms with Crippen LogP contribution < -0.4 is 16.0 Å². The van der Waals surface area contributed by atoms with Gasteiger partial charge in [-0.2, -0.15) is 0 Å². The number of carbonyl (C=O) groups excluding carboxylic acids is 2. The molecule has 2 rings (SSSR count). The Kier molecular flexibility index (Phi) is 6.41. The molecular formula is C17H25N3O4S. The Morgan fingerprint density at radius 2 is 1.88 bits per heavy atom. The lowest BCUT2D eigenvalue weighted by molar-refractivity contribution is -0.124. The summed E-state index contributed by atoms with van der Waals surface area (Å²) in [7, 11) is -3.06. The van der Waals surface area contributed by atoms with Gasteiger partial charge in [-0.15, -0.1) is 0 Å². The van der Waals surface area contributed by atoms with Crippen molar-refractivity contribution in [2.75, 3.05) is 11.5 Å². The zero-order valence-corrected chi connectivity index (χ0v) is 15.3. The Labute approximate surface area is 148 Å². The van der Waals surface area contributed by atoms with E-state index in [1.165, 1.54) is 0 Å². The molecule has 1 aromatic carbocycles. The first-order valence-electron chi connectivity index (χ1n) is 8.36. The van der Waals surface area contributed by atoms with Crippen LogP contribution in [0, 0.1) is 5.92 Å². The van der Waals surface area contributed by atoms with E-state index in [0.29, 0.717) is 13.0 Å². The predicted molar refractivity (Wildman–Crippen MR) is 95.6 cm³/mol. The third-order valence-corrected chi connectivity index (χ3v) is 5.88. The highest BCUT2D eigenvalue weighted by molar-refractivity contribution is 7.91. The van der Waals surface area contributed by atoms with Crippen molar-refractivity contribution >= 4 is 21.8 Å². The van der Waals surface area contributed by atoms with Crippen molar-refractivity contribution in [1.82, 2.24) is 16.0 Å². The van der Waals surface area contributed by atoms with Crippen LogP contribution in [0.15, 0.2) is 30.3 Å². The first-order valence-corrected chi connectivity index (χ1v) is 10.2. The van der Waals surface area contributed by atoms with Crippen molar-refractivity contribution < 1.29 is 18.0 Å². The minimum atomic E-state index is -3.06. The molecule has 1 fully saturated rings. The van der Waals surface area contributed by atoms with E-state index in [4.69, 9.17) is 0 Å². The van der Waals surface area contributed by atoms with Gasteiger partial charge in [0.25, 0.3) is 0 Å². The molecule has 25 heavy (non-hydrogen) atoms. The fourth-order valence-corrected chi connectivity index (χ4v) is 4.38. The molecule has 2 unspecified atom stereocenters. The van der Waals surface area contributed by atoms with E-state index in [2.05, 4.69) is 16.0 Å². The molecule has 0 radical (unpaired) electrons. The first kappa shape index (κ1) is 19.2. The van der Waals surface area contributed by atoms with E-state index in [-0.39, 0.29) is 29.4 Å². The molecule has 0 spiro atoms. The molecule has 8 heteroatoms. The maximum Gasteiger partial charge on any atom is 0.315 e. The van der Waals surface area contributed by atoms with Gasteiger partial charge in [-0.1, -0.05) is 44.2 Å². The molecule has 0 aromatic heterocycles. The number of urea groups is 1. The van der Waals surface area contributed by atoms with Crippen LogP contribution in [-0.4, -0.2) is 43.9 Å². The maximum atomic E-state index is 12.4. The van der Waals surface area contributed by atoms with Gasteiger partial charge >= 0.3 is 6.03 Å². The zero-order valence-electron chi connectivity index (χ0n) is 14.5. The Morgan fingerprint density at radius 3 is 2.44 bits per heavy atom. The number of hydrogen-bond donors (Lipinski definition) is 3. The van der Waals surface area contributed by atoms with E-state index in [9.17, 15) is 18.0 Å². The Hall–Kier alpha value is -2.09. The summed E-state index contributed by atoms with van der Waals surface area (Å²) in [6.07, 6.45) is 0.416. The van der Waals surface area contributed by atoms with Gasteiger partial charge in [0.15, 0.2) is 9.84 Å². The monoisotopic (exact) mass is 367 g/mol. The second kappa shape index (κ2) is 8.33. The number of nitrogens with one attached hydrogen (secondary N) is 3. The quantitative estimate of drug-likeness (QED) is 0.692. The van der Waals surface area contributed by atoms with Gasteiger partial charge in [-0.05, 0) is 17.9 Å². The fourth-order valence-electron chi connectivity index (χ4n) is 2.71. The summed E-state index contributed by atoms with van der Waals surface area (Å²) in [6, 6.07) is 7.92. The number of carbonyl (C=O) groups is 2. The number of amides is 3. The predicted octanol–water partition coefficient (Wildman–Crippen LogP) is 0.814. The molecular weight excluding hydrogens is 342 g/mol. The SMILES string of the molecule is CC(C)C(NC(=O)NCc1ccccc1)C(=O)NC1CCS(=O)(=O)C1. The molecule has 138 valence electrons. The van der Waals surface area contributed by atoms with Crippen LogP contribution in [0.25, 0.3) is 0 Å². The van der Waals surface area contributed by atoms with Gasteiger partial charge in [0.05, 0.1) is 11.5 Å². The molecule has 0 saturated carbocycles. The van der Waals surface area contributed by atoms with Crippen molar-refractivity contribution in [3.8, 4) is 0 Å². The second-order valence-electron chi connectivity index (χ2n) is 6.64. The number of sulfone groups is 1. The molecule has 1 aliphatic heterocycles. The maximum absolute atomic E-state index is 12.4. The minimum Gasteiger partial charge on any atom is -0.351 e. The highest BCUT2D eigenvalue weighted by Gasteiger charge is 2.32. The van der Waals surface area contributed by atoms with Gasteiger partial charge in [-0.25, -0.2) is 13.2 Å². The van der Waals surface area contributed by atoms with E-state index in [0.717, 1.165) is 5.56 Å². The summed E-state index contributed by atoms with van der Waals surface area (Å²) >= 11 is 0. The number of hydrogen-bond acceptors (Lipinski definition) is 4. The lowest BCUT2D eigenvalue weighted by Crippen LogP contribution is -2.54. The summed E-state index contributed by atoms with van der Waals surface area (Å²) in [6.45, 7) is 4.01. The molecule has 1 aliphatic rings. The van der Waals surface area contributed by atoms with Gasteiger partial charge in [-0.3, -0.25) is 4.79 Å². The fraction of sp³-hybridized carbons (Fsp3) is 0.529. The lowest BCUT2D eigenvalue weighted by Gasteiger charge is -2.23. The molecule has 1 saturated heterocycles. The third kappa shape index (κ3) is 6.04. The van der Waals surface area contributed by atoms with Crippen LogP contribution in [0.5, 0.6) is 0 Å². The van der Waals surface area contributed by atoms with E-state index < -0.39 is 21.9 Å². The van der Waals surface area contributed by atoms with Crippen molar-refractivity contribution in [1.29, 1.82) is 0 Å². The Morgan fingerprint density at radius 1 is 1.20 bits per heavy atom. The number of rotatable bonds is 6. The molecule has 0 bridgehead atoms. The molecule has 1 heterocycles. The summed E-state index contributed by atoms with van der Waals surface area (Å²) < 4.78 is 23.0. The summed E-state index contributed by atoms with van der Waals surface area (Å²) in [5.41, 5.74) is 0.958. The van der Waals surface area contributed by atoms with Gasteiger partial charge in [0.2, 0.25) is 5.91 Å². The van der Waals surface area contributed by atoms with Crippen molar-refractivity contribution in [3.63, 3.8) is 0 Å². The van der Waals surface area contributed by atoms with E-state index in [1.807, 2.05) is 44.2 Å². The lowest BCUT2D eigenvalue weighted by atomic mass is 10.0. The molecule has 3 N–H and O–H groups in total. The standard InChI is InChI=1S/C17H25N3O4S/c1-12(2)15(16(21)19-14-8-9-25(23,24)11-14)20-17(22)18-10-13-6-4-3-5-7-13/h3-7,12,14-15H,8-11H2,1-2H3,(H,19,21)(H2,18,20,22). The molecule has 3 amide bonds. The normalized spacial score (nSPS) is 20.0. The second-order valence-corrected chi connectivity index (χ2v) is 8.87. The average Bonchev–Trinajstić information content (AvgIpc) is 2.89.